The van der Waals surface area contributed by atoms with E-state index in [9.17, 15) is 23.3 Å². The molecule has 8 nitrogen and oxygen atoms in total. The Hall–Kier alpha value is -2.33. The first-order chi connectivity index (χ1) is 10.9. The number of nitro groups is 1. The van der Waals surface area contributed by atoms with Gasteiger partial charge < -0.3 is 4.90 Å². The molecule has 10 heteroatoms. The monoisotopic (exact) mass is 353 g/mol. The first-order valence-electron chi connectivity index (χ1n) is 6.53. The fraction of sp³-hybridized carbons (Fsp3) is 0.231. The first-order valence-corrected chi connectivity index (χ1v) is 9.06. The summed E-state index contributed by atoms with van der Waals surface area (Å²) in [6, 6.07) is 4.38. The molecule has 1 amide bonds. The maximum absolute atomic E-state index is 12.2. The van der Waals surface area contributed by atoms with Gasteiger partial charge in [0.15, 0.2) is 0 Å². The van der Waals surface area contributed by atoms with Crippen LogP contribution in [-0.2, 0) is 27.7 Å². The quantitative estimate of drug-likeness (QED) is 0.606. The Kier molecular flexibility index (Phi) is 3.86. The average Bonchev–Trinajstić information content (AvgIpc) is 3.15. The predicted octanol–water partition coefficient (Wildman–Crippen LogP) is 1.37. The summed E-state index contributed by atoms with van der Waals surface area (Å²) in [7, 11) is -3.75. The van der Waals surface area contributed by atoms with Gasteiger partial charge in [0.25, 0.3) is 5.69 Å². The lowest BCUT2D eigenvalue weighted by Gasteiger charge is -2.14. The molecule has 1 aliphatic heterocycles. The van der Waals surface area contributed by atoms with E-state index in [1.54, 1.807) is 6.07 Å². The molecule has 3 rings (SSSR count). The topological polar surface area (TPSA) is 110 Å². The van der Waals surface area contributed by atoms with Crippen molar-refractivity contribution in [3.8, 4) is 0 Å². The van der Waals surface area contributed by atoms with Gasteiger partial charge in [-0.05, 0) is 11.1 Å². The van der Waals surface area contributed by atoms with Gasteiger partial charge in [-0.25, -0.2) is 13.4 Å². The lowest BCUT2D eigenvalue weighted by molar-refractivity contribution is -0.384. The van der Waals surface area contributed by atoms with E-state index >= 15 is 0 Å². The Morgan fingerprint density at radius 3 is 2.74 bits per heavy atom. The third-order valence-corrected chi connectivity index (χ3v) is 6.34. The van der Waals surface area contributed by atoms with E-state index in [-0.39, 0.29) is 23.1 Å². The summed E-state index contributed by atoms with van der Waals surface area (Å²) in [5.41, 5.74) is 1.41. The van der Waals surface area contributed by atoms with Crippen LogP contribution in [0.3, 0.4) is 0 Å². The Balaban J connectivity index is 1.74. The second-order valence-electron chi connectivity index (χ2n) is 5.02. The molecule has 120 valence electrons. The van der Waals surface area contributed by atoms with Gasteiger partial charge in [0.05, 0.1) is 4.92 Å². The molecule has 2 aromatic rings. The zero-order valence-electron chi connectivity index (χ0n) is 11.7. The van der Waals surface area contributed by atoms with Crippen LogP contribution in [0.15, 0.2) is 34.1 Å². The minimum Gasteiger partial charge on any atom is -0.333 e. The second kappa shape index (κ2) is 5.70. The summed E-state index contributed by atoms with van der Waals surface area (Å²) >= 11 is 0.962. The first kappa shape index (κ1) is 15.6. The molecule has 2 heterocycles. The minimum atomic E-state index is -3.75. The lowest BCUT2D eigenvalue weighted by Crippen LogP contribution is -2.31. The normalized spacial score (nSPS) is 13.8. The van der Waals surface area contributed by atoms with Crippen LogP contribution in [0.4, 0.5) is 5.69 Å². The number of fused-ring (bicyclic) bond motifs is 1. The predicted molar refractivity (Wildman–Crippen MR) is 81.5 cm³/mol. The van der Waals surface area contributed by atoms with Gasteiger partial charge in [0.2, 0.25) is 20.1 Å². The molecule has 0 radical (unpaired) electrons. The molecule has 1 aromatic heterocycles. The van der Waals surface area contributed by atoms with E-state index in [1.165, 1.54) is 28.6 Å². The zero-order valence-corrected chi connectivity index (χ0v) is 13.3. The Labute approximate surface area is 135 Å². The number of carbonyl (C=O) groups excluding carboxylic acids is 1. The number of hydrogen-bond donors (Lipinski definition) is 0. The van der Waals surface area contributed by atoms with Gasteiger partial charge >= 0.3 is 0 Å². The van der Waals surface area contributed by atoms with E-state index in [0.717, 1.165) is 16.9 Å². The van der Waals surface area contributed by atoms with E-state index in [1.807, 2.05) is 0 Å². The van der Waals surface area contributed by atoms with Crippen molar-refractivity contribution in [1.29, 1.82) is 0 Å². The van der Waals surface area contributed by atoms with E-state index in [0.29, 0.717) is 5.56 Å². The molecule has 0 saturated carbocycles. The van der Waals surface area contributed by atoms with E-state index in [4.69, 9.17) is 0 Å². The number of non-ortho nitro benzene ring substituents is 1. The van der Waals surface area contributed by atoms with Crippen LogP contribution in [0.5, 0.6) is 0 Å². The highest BCUT2D eigenvalue weighted by Crippen LogP contribution is 2.27. The molecule has 1 aromatic carbocycles. The summed E-state index contributed by atoms with van der Waals surface area (Å²) in [5.74, 6) is -1.20. The van der Waals surface area contributed by atoms with Crippen LogP contribution in [-0.4, -0.2) is 34.9 Å². The number of aromatic nitrogens is 1. The molecule has 0 atom stereocenters. The molecular formula is C13H11N3O5S2. The summed E-state index contributed by atoms with van der Waals surface area (Å²) in [4.78, 5) is 27.6. The number of thiazole rings is 1. The van der Waals surface area contributed by atoms with Crippen molar-refractivity contribution < 1.29 is 18.1 Å². The SMILES string of the molecule is O=C(CS(=O)(=O)c1nccs1)N1Cc2ccc([N+](=O)[O-])cc2C1. The molecule has 0 bridgehead atoms. The summed E-state index contributed by atoms with van der Waals surface area (Å²) in [6.07, 6.45) is 1.37. The van der Waals surface area contributed by atoms with Crippen molar-refractivity contribution in [2.45, 2.75) is 17.4 Å². The molecule has 0 saturated heterocycles. The van der Waals surface area contributed by atoms with Crippen molar-refractivity contribution >= 4 is 32.8 Å². The van der Waals surface area contributed by atoms with Gasteiger partial charge in [0, 0.05) is 36.8 Å². The van der Waals surface area contributed by atoms with Crippen molar-refractivity contribution in [1.82, 2.24) is 9.88 Å². The summed E-state index contributed by atoms with van der Waals surface area (Å²) < 4.78 is 24.1. The van der Waals surface area contributed by atoms with E-state index < -0.39 is 26.4 Å². The van der Waals surface area contributed by atoms with E-state index in [2.05, 4.69) is 4.98 Å². The van der Waals surface area contributed by atoms with Gasteiger partial charge in [-0.1, -0.05) is 6.07 Å². The highest BCUT2D eigenvalue weighted by atomic mass is 32.2. The minimum absolute atomic E-state index is 0.0477. The summed E-state index contributed by atoms with van der Waals surface area (Å²) in [6.45, 7) is 0.419. The fourth-order valence-corrected chi connectivity index (χ4v) is 4.49. The van der Waals surface area contributed by atoms with Crippen LogP contribution in [0.25, 0.3) is 0 Å². The van der Waals surface area contributed by atoms with Crippen molar-refractivity contribution in [3.63, 3.8) is 0 Å². The maximum atomic E-state index is 12.2. The highest BCUT2D eigenvalue weighted by molar-refractivity contribution is 7.93. The number of nitro benzene ring substituents is 1. The third-order valence-electron chi connectivity index (χ3n) is 3.46. The number of amides is 1. The van der Waals surface area contributed by atoms with Crippen LogP contribution < -0.4 is 0 Å². The Morgan fingerprint density at radius 2 is 2.09 bits per heavy atom. The molecule has 0 aliphatic carbocycles. The largest absolute Gasteiger partial charge is 0.333 e. The van der Waals surface area contributed by atoms with Crippen LogP contribution >= 0.6 is 11.3 Å². The molecule has 0 fully saturated rings. The molecule has 0 unspecified atom stereocenters. The van der Waals surface area contributed by atoms with Crippen LogP contribution in [0.2, 0.25) is 0 Å². The molecule has 0 N–H and O–H groups in total. The van der Waals surface area contributed by atoms with Crippen molar-refractivity contribution in [2.24, 2.45) is 0 Å². The molecule has 23 heavy (non-hydrogen) atoms. The van der Waals surface area contributed by atoms with Gasteiger partial charge in [-0.15, -0.1) is 11.3 Å². The smallest absolute Gasteiger partial charge is 0.269 e. The number of rotatable bonds is 4. The highest BCUT2D eigenvalue weighted by Gasteiger charge is 2.29. The Bertz CT molecular complexity index is 877. The molecule has 1 aliphatic rings. The Morgan fingerprint density at radius 1 is 1.35 bits per heavy atom. The number of carbonyl (C=O) groups is 1. The second-order valence-corrected chi connectivity index (χ2v) is 8.07. The van der Waals surface area contributed by atoms with Crippen LogP contribution in [0.1, 0.15) is 11.1 Å². The summed E-state index contributed by atoms with van der Waals surface area (Å²) in [5, 5.41) is 12.3. The van der Waals surface area contributed by atoms with Gasteiger partial charge in [-0.3, -0.25) is 14.9 Å². The average molecular weight is 353 g/mol. The van der Waals surface area contributed by atoms with Gasteiger partial charge in [-0.2, -0.15) is 0 Å². The fourth-order valence-electron chi connectivity index (χ4n) is 2.35. The molecular weight excluding hydrogens is 342 g/mol. The zero-order chi connectivity index (χ0) is 16.6. The number of hydrogen-bond acceptors (Lipinski definition) is 7. The number of benzene rings is 1. The lowest BCUT2D eigenvalue weighted by atomic mass is 10.1. The standard InChI is InChI=1S/C13H11N3O5S2/c17-12(8-23(20,21)13-14-3-4-22-13)15-6-9-1-2-11(16(18)19)5-10(9)7-15/h1-5H,6-8H2. The van der Waals surface area contributed by atoms with Crippen molar-refractivity contribution in [2.75, 3.05) is 5.75 Å². The third kappa shape index (κ3) is 3.08. The number of sulfone groups is 1. The molecule has 0 spiro atoms. The van der Waals surface area contributed by atoms with Gasteiger partial charge in [0.1, 0.15) is 5.75 Å². The van der Waals surface area contributed by atoms with Crippen molar-refractivity contribution in [3.05, 3.63) is 51.0 Å². The maximum Gasteiger partial charge on any atom is 0.269 e. The number of nitrogens with zero attached hydrogens (tertiary/aromatic N) is 3. The van der Waals surface area contributed by atoms with Crippen LogP contribution in [0, 0.1) is 10.1 Å².